The molecule has 7 heteroatoms. The monoisotopic (exact) mass is 553 g/mol. The average molecular weight is 554 g/mol. The number of aliphatic carboxylic acids is 1. The summed E-state index contributed by atoms with van der Waals surface area (Å²) >= 11 is 0. The van der Waals surface area contributed by atoms with Gasteiger partial charge in [0.05, 0.1) is 6.42 Å². The van der Waals surface area contributed by atoms with Gasteiger partial charge in [-0.1, -0.05) is 69.3 Å². The molecular weight excluding hydrogens is 514 g/mol. The number of carboxylic acid groups (broad SMARTS) is 1. The number of amides is 2. The van der Waals surface area contributed by atoms with E-state index < -0.39 is 11.6 Å². The molecule has 1 aliphatic carbocycles. The number of rotatable bonds is 8. The van der Waals surface area contributed by atoms with Crippen molar-refractivity contribution in [3.05, 3.63) is 83.4 Å². The SMILES string of the molecule is CC(C)(C)C1CCC2(CC1)N=C(c1ccc3ccccc3c1)C(=O)N2CCc1ccc(C(=O)NCCC(=O)O)cc1. The van der Waals surface area contributed by atoms with Crippen LogP contribution in [-0.4, -0.2) is 52.3 Å². The van der Waals surface area contributed by atoms with Crippen molar-refractivity contribution in [3.63, 3.8) is 0 Å². The highest BCUT2D eigenvalue weighted by Gasteiger charge is 2.49. The lowest BCUT2D eigenvalue weighted by Crippen LogP contribution is -2.50. The van der Waals surface area contributed by atoms with E-state index in [2.05, 4.69) is 50.4 Å². The maximum atomic E-state index is 14.0. The van der Waals surface area contributed by atoms with Crippen molar-refractivity contribution >= 4 is 34.3 Å². The smallest absolute Gasteiger partial charge is 0.305 e. The Morgan fingerprint density at radius 2 is 1.68 bits per heavy atom. The fourth-order valence-electron chi connectivity index (χ4n) is 6.24. The van der Waals surface area contributed by atoms with Crippen LogP contribution in [0.2, 0.25) is 0 Å². The summed E-state index contributed by atoms with van der Waals surface area (Å²) in [6.07, 6.45) is 4.31. The number of benzene rings is 3. The van der Waals surface area contributed by atoms with Crippen molar-refractivity contribution in [1.82, 2.24) is 10.2 Å². The first kappa shape index (κ1) is 28.5. The molecule has 0 atom stereocenters. The Balaban J connectivity index is 1.34. The summed E-state index contributed by atoms with van der Waals surface area (Å²) in [5.41, 5.74) is 2.63. The summed E-state index contributed by atoms with van der Waals surface area (Å²) in [6, 6.07) is 21.6. The van der Waals surface area contributed by atoms with E-state index >= 15 is 0 Å². The maximum absolute atomic E-state index is 14.0. The van der Waals surface area contributed by atoms with Crippen LogP contribution in [0.4, 0.5) is 0 Å². The second kappa shape index (κ2) is 11.5. The van der Waals surface area contributed by atoms with Crippen LogP contribution in [0.25, 0.3) is 10.8 Å². The van der Waals surface area contributed by atoms with Crippen molar-refractivity contribution in [2.75, 3.05) is 13.1 Å². The lowest BCUT2D eigenvalue weighted by atomic mass is 9.69. The Labute approximate surface area is 241 Å². The van der Waals surface area contributed by atoms with Crippen molar-refractivity contribution in [3.8, 4) is 0 Å². The zero-order chi connectivity index (χ0) is 29.2. The predicted octanol–water partition coefficient (Wildman–Crippen LogP) is 5.85. The molecular formula is C34H39N3O4. The lowest BCUT2D eigenvalue weighted by molar-refractivity contribution is -0.136. The summed E-state index contributed by atoms with van der Waals surface area (Å²) in [5.74, 6) is -0.659. The number of hydrogen-bond donors (Lipinski definition) is 2. The minimum Gasteiger partial charge on any atom is -0.481 e. The van der Waals surface area contributed by atoms with Crippen molar-refractivity contribution in [1.29, 1.82) is 0 Å². The first-order valence-electron chi connectivity index (χ1n) is 14.6. The summed E-state index contributed by atoms with van der Waals surface area (Å²) in [6.45, 7) is 7.53. The lowest BCUT2D eigenvalue weighted by Gasteiger charge is -2.45. The molecule has 41 heavy (non-hydrogen) atoms. The van der Waals surface area contributed by atoms with Gasteiger partial charge >= 0.3 is 5.97 Å². The molecule has 2 N–H and O–H groups in total. The fourth-order valence-corrected chi connectivity index (χ4v) is 6.24. The van der Waals surface area contributed by atoms with Crippen LogP contribution >= 0.6 is 0 Å². The van der Waals surface area contributed by atoms with Gasteiger partial charge in [0, 0.05) is 24.2 Å². The summed E-state index contributed by atoms with van der Waals surface area (Å²) < 4.78 is 0. The molecule has 5 rings (SSSR count). The van der Waals surface area contributed by atoms with Crippen molar-refractivity contribution in [2.45, 2.75) is 65.0 Å². The molecule has 1 aliphatic heterocycles. The number of carbonyl (C=O) groups excluding carboxylic acids is 2. The summed E-state index contributed by atoms with van der Waals surface area (Å²) in [4.78, 5) is 44.3. The van der Waals surface area contributed by atoms with Gasteiger partial charge < -0.3 is 15.3 Å². The van der Waals surface area contributed by atoms with Gasteiger partial charge in [0.2, 0.25) is 0 Å². The second-order valence-corrected chi connectivity index (χ2v) is 12.4. The van der Waals surface area contributed by atoms with Gasteiger partial charge in [-0.25, -0.2) is 0 Å². The van der Waals surface area contributed by atoms with Crippen LogP contribution in [0.15, 0.2) is 71.7 Å². The number of fused-ring (bicyclic) bond motifs is 1. The molecule has 0 radical (unpaired) electrons. The zero-order valence-corrected chi connectivity index (χ0v) is 24.2. The third-order valence-electron chi connectivity index (χ3n) is 8.77. The van der Waals surface area contributed by atoms with Crippen LogP contribution in [0, 0.1) is 11.3 Å². The van der Waals surface area contributed by atoms with Gasteiger partial charge in [-0.15, -0.1) is 0 Å². The van der Waals surface area contributed by atoms with Gasteiger partial charge in [-0.3, -0.25) is 19.4 Å². The van der Waals surface area contributed by atoms with E-state index in [1.807, 2.05) is 35.2 Å². The maximum Gasteiger partial charge on any atom is 0.305 e. The van der Waals surface area contributed by atoms with Crippen molar-refractivity contribution in [2.24, 2.45) is 16.3 Å². The van der Waals surface area contributed by atoms with E-state index in [0.717, 1.165) is 47.6 Å². The van der Waals surface area contributed by atoms with Gasteiger partial charge in [-0.2, -0.15) is 0 Å². The highest BCUT2D eigenvalue weighted by atomic mass is 16.4. The quantitative estimate of drug-likeness (QED) is 0.366. The van der Waals surface area contributed by atoms with Gasteiger partial charge in [-0.05, 0) is 78.0 Å². The van der Waals surface area contributed by atoms with Gasteiger partial charge in [0.15, 0.2) is 0 Å². The molecule has 3 aromatic rings. The highest BCUT2D eigenvalue weighted by molar-refractivity contribution is 6.47. The Hall–Kier alpha value is -4.00. The molecule has 1 saturated carbocycles. The minimum atomic E-state index is -0.950. The first-order chi connectivity index (χ1) is 19.6. The Morgan fingerprint density at radius 1 is 1.00 bits per heavy atom. The van der Waals surface area contributed by atoms with E-state index in [9.17, 15) is 14.4 Å². The molecule has 7 nitrogen and oxygen atoms in total. The Bertz CT molecular complexity index is 1480. The van der Waals surface area contributed by atoms with E-state index in [4.69, 9.17) is 10.1 Å². The van der Waals surface area contributed by atoms with Gasteiger partial charge in [0.25, 0.3) is 11.8 Å². The largest absolute Gasteiger partial charge is 0.481 e. The zero-order valence-electron chi connectivity index (χ0n) is 24.2. The molecule has 1 heterocycles. The van der Waals surface area contributed by atoms with Crippen LogP contribution in [0.1, 0.15) is 74.4 Å². The van der Waals surface area contributed by atoms with Crippen LogP contribution in [0.5, 0.6) is 0 Å². The first-order valence-corrected chi connectivity index (χ1v) is 14.6. The molecule has 2 aliphatic rings. The molecule has 1 fully saturated rings. The summed E-state index contributed by atoms with van der Waals surface area (Å²) in [5, 5.41) is 13.6. The minimum absolute atomic E-state index is 0.0103. The van der Waals surface area contributed by atoms with E-state index in [1.54, 1.807) is 12.1 Å². The molecule has 214 valence electrons. The molecule has 0 unspecified atom stereocenters. The van der Waals surface area contributed by atoms with E-state index in [1.165, 1.54) is 0 Å². The predicted molar refractivity (Wildman–Crippen MR) is 161 cm³/mol. The van der Waals surface area contributed by atoms with Gasteiger partial charge in [0.1, 0.15) is 11.4 Å². The van der Waals surface area contributed by atoms with Crippen LogP contribution < -0.4 is 5.32 Å². The van der Waals surface area contributed by atoms with Crippen molar-refractivity contribution < 1.29 is 19.5 Å². The standard InChI is InChI=1S/C34H39N3O4/c1-33(2,3)28-14-18-34(19-15-28)36-30(27-13-12-24-6-4-5-7-26(24)22-27)32(41)37(34)21-17-23-8-10-25(11-9-23)31(40)35-20-16-29(38)39/h4-13,22,28H,14-21H2,1-3H3,(H,35,40)(H,38,39). The molecule has 2 amide bonds. The van der Waals surface area contributed by atoms with Crippen LogP contribution in [-0.2, 0) is 16.0 Å². The van der Waals surface area contributed by atoms with Crippen LogP contribution in [0.3, 0.4) is 0 Å². The molecule has 0 aromatic heterocycles. The molecule has 1 spiro atoms. The second-order valence-electron chi connectivity index (χ2n) is 12.4. The third-order valence-corrected chi connectivity index (χ3v) is 8.77. The molecule has 0 saturated heterocycles. The number of hydrogen-bond acceptors (Lipinski definition) is 4. The Morgan fingerprint density at radius 3 is 2.34 bits per heavy atom. The fraction of sp³-hybridized carbons (Fsp3) is 0.412. The van der Waals surface area contributed by atoms with E-state index in [0.29, 0.717) is 30.2 Å². The number of aliphatic imine (C=N–C) groups is 1. The Kier molecular flexibility index (Phi) is 7.98. The molecule has 3 aromatic carbocycles. The number of nitrogens with one attached hydrogen (secondary N) is 1. The third kappa shape index (κ3) is 6.19. The number of carbonyl (C=O) groups is 3. The van der Waals surface area contributed by atoms with E-state index in [-0.39, 0.29) is 30.2 Å². The highest BCUT2D eigenvalue weighted by Crippen LogP contribution is 2.46. The molecule has 0 bridgehead atoms. The summed E-state index contributed by atoms with van der Waals surface area (Å²) in [7, 11) is 0. The topological polar surface area (TPSA) is 99.1 Å². The number of nitrogens with zero attached hydrogens (tertiary/aromatic N) is 2. The number of carboxylic acids is 1. The normalized spacial score (nSPS) is 20.9. The average Bonchev–Trinajstić information content (AvgIpc) is 3.21.